The van der Waals surface area contributed by atoms with Crippen molar-refractivity contribution in [2.75, 3.05) is 17.2 Å². The average Bonchev–Trinajstić information content (AvgIpc) is 2.78. The van der Waals surface area contributed by atoms with Gasteiger partial charge in [0, 0.05) is 16.9 Å². The number of halogens is 3. The van der Waals surface area contributed by atoms with Gasteiger partial charge in [-0.05, 0) is 61.5 Å². The Kier molecular flexibility index (Phi) is 7.29. The second-order valence-corrected chi connectivity index (χ2v) is 6.52. The van der Waals surface area contributed by atoms with Crippen molar-refractivity contribution in [1.29, 1.82) is 0 Å². The highest BCUT2D eigenvalue weighted by Gasteiger charge is 2.19. The van der Waals surface area contributed by atoms with Gasteiger partial charge in [-0.2, -0.15) is 0 Å². The topological polar surface area (TPSA) is 93.7 Å². The maximum Gasteiger partial charge on any atom is 0.513 e. The first-order valence-electron chi connectivity index (χ1n) is 9.59. The Labute approximate surface area is 186 Å². The zero-order valence-corrected chi connectivity index (χ0v) is 17.2. The molecule has 0 aliphatic rings. The largest absolute Gasteiger partial charge is 0.513 e. The second kappa shape index (κ2) is 10.3. The molecule has 2 N–H and O–H groups in total. The number of hydrogen-bond acceptors (Lipinski definition) is 5. The molecule has 0 aliphatic carbocycles. The molecular formula is C23H17F3N2O5. The second-order valence-electron chi connectivity index (χ2n) is 6.52. The van der Waals surface area contributed by atoms with Gasteiger partial charge in [-0.3, -0.25) is 9.59 Å². The molecule has 0 saturated carbocycles. The van der Waals surface area contributed by atoms with Gasteiger partial charge in [-0.1, -0.05) is 6.07 Å². The first-order chi connectivity index (χ1) is 15.8. The summed E-state index contributed by atoms with van der Waals surface area (Å²) in [4.78, 5) is 36.0. The molecule has 10 heteroatoms. The zero-order chi connectivity index (χ0) is 24.0. The lowest BCUT2D eigenvalue weighted by atomic mass is 10.1. The van der Waals surface area contributed by atoms with Crippen LogP contribution in [-0.4, -0.2) is 24.6 Å². The fraction of sp³-hybridized carbons (Fsp3) is 0.0870. The number of rotatable bonds is 6. The van der Waals surface area contributed by atoms with Crippen LogP contribution in [0.5, 0.6) is 5.75 Å². The molecule has 0 fully saturated rings. The average molecular weight is 458 g/mol. The molecule has 0 heterocycles. The van der Waals surface area contributed by atoms with E-state index in [-0.39, 0.29) is 23.6 Å². The number of anilines is 2. The molecular weight excluding hydrogens is 441 g/mol. The van der Waals surface area contributed by atoms with Crippen LogP contribution in [0.1, 0.15) is 27.6 Å². The van der Waals surface area contributed by atoms with E-state index in [4.69, 9.17) is 4.74 Å². The Hall–Kier alpha value is -4.34. The lowest BCUT2D eigenvalue weighted by molar-refractivity contribution is 0.101. The van der Waals surface area contributed by atoms with E-state index in [1.54, 1.807) is 13.0 Å². The van der Waals surface area contributed by atoms with Crippen LogP contribution >= 0.6 is 0 Å². The number of benzene rings is 3. The molecule has 0 bridgehead atoms. The zero-order valence-electron chi connectivity index (χ0n) is 17.2. The van der Waals surface area contributed by atoms with Crippen LogP contribution in [0.4, 0.5) is 29.3 Å². The number of amides is 2. The molecule has 170 valence electrons. The highest BCUT2D eigenvalue weighted by atomic mass is 19.2. The molecule has 0 saturated heterocycles. The third kappa shape index (κ3) is 5.88. The smallest absolute Gasteiger partial charge is 0.434 e. The Morgan fingerprint density at radius 2 is 1.45 bits per heavy atom. The first-order valence-corrected chi connectivity index (χ1v) is 9.59. The maximum absolute atomic E-state index is 13.8. The summed E-state index contributed by atoms with van der Waals surface area (Å²) in [5.41, 5.74) is 0.0634. The minimum absolute atomic E-state index is 0.161. The number of carbonyl (C=O) groups excluding carboxylic acids is 3. The van der Waals surface area contributed by atoms with E-state index in [1.807, 2.05) is 0 Å². The van der Waals surface area contributed by atoms with Crippen molar-refractivity contribution < 1.29 is 37.0 Å². The summed E-state index contributed by atoms with van der Waals surface area (Å²) in [6.45, 7) is 1.80. The fourth-order valence-electron chi connectivity index (χ4n) is 2.70. The van der Waals surface area contributed by atoms with E-state index in [0.717, 1.165) is 6.07 Å². The van der Waals surface area contributed by atoms with Crippen LogP contribution in [0.25, 0.3) is 0 Å². The minimum atomic E-state index is -1.75. The van der Waals surface area contributed by atoms with Crippen LogP contribution in [0, 0.1) is 17.5 Å². The van der Waals surface area contributed by atoms with Crippen molar-refractivity contribution in [2.45, 2.75) is 6.92 Å². The van der Waals surface area contributed by atoms with Gasteiger partial charge in [0.05, 0.1) is 12.2 Å². The SMILES string of the molecule is CCOC(=O)Oc1ccc(C(=O)Nc2cccc(NC(=O)c3ccc(F)c(F)c3F)c2)cc1. The number of hydrogen-bond donors (Lipinski definition) is 2. The molecule has 0 atom stereocenters. The van der Waals surface area contributed by atoms with Crippen molar-refractivity contribution in [3.8, 4) is 5.75 Å². The van der Waals surface area contributed by atoms with Crippen LogP contribution < -0.4 is 15.4 Å². The van der Waals surface area contributed by atoms with Crippen molar-refractivity contribution in [3.05, 3.63) is 89.2 Å². The third-order valence-corrected chi connectivity index (χ3v) is 4.24. The molecule has 0 unspecified atom stereocenters. The first kappa shape index (κ1) is 23.3. The van der Waals surface area contributed by atoms with Crippen molar-refractivity contribution in [1.82, 2.24) is 0 Å². The van der Waals surface area contributed by atoms with Crippen LogP contribution in [0.2, 0.25) is 0 Å². The van der Waals surface area contributed by atoms with Crippen LogP contribution in [-0.2, 0) is 4.74 Å². The molecule has 3 aromatic rings. The van der Waals surface area contributed by atoms with Gasteiger partial charge < -0.3 is 20.1 Å². The molecule has 33 heavy (non-hydrogen) atoms. The molecule has 0 aromatic heterocycles. The Bertz CT molecular complexity index is 1200. The van der Waals surface area contributed by atoms with E-state index < -0.39 is 41.0 Å². The Morgan fingerprint density at radius 3 is 2.09 bits per heavy atom. The monoisotopic (exact) mass is 458 g/mol. The summed E-state index contributed by atoms with van der Waals surface area (Å²) in [6, 6.07) is 13.1. The quantitative estimate of drug-likeness (QED) is 0.303. The van der Waals surface area contributed by atoms with E-state index in [2.05, 4.69) is 15.4 Å². The summed E-state index contributed by atoms with van der Waals surface area (Å²) in [5.74, 6) is -6.05. The molecule has 0 spiro atoms. The van der Waals surface area contributed by atoms with Gasteiger partial charge in [-0.15, -0.1) is 0 Å². The van der Waals surface area contributed by atoms with Crippen LogP contribution in [0.15, 0.2) is 60.7 Å². The van der Waals surface area contributed by atoms with Gasteiger partial charge in [-0.25, -0.2) is 18.0 Å². The molecule has 0 aliphatic heterocycles. The van der Waals surface area contributed by atoms with Gasteiger partial charge >= 0.3 is 6.16 Å². The third-order valence-electron chi connectivity index (χ3n) is 4.24. The van der Waals surface area contributed by atoms with E-state index in [0.29, 0.717) is 11.8 Å². The highest BCUT2D eigenvalue weighted by molar-refractivity contribution is 6.06. The molecule has 3 rings (SSSR count). The Balaban J connectivity index is 1.66. The van der Waals surface area contributed by atoms with Crippen molar-refractivity contribution >= 4 is 29.3 Å². The predicted octanol–water partition coefficient (Wildman–Crippen LogP) is 5.14. The minimum Gasteiger partial charge on any atom is -0.434 e. The van der Waals surface area contributed by atoms with Gasteiger partial charge in [0.25, 0.3) is 11.8 Å². The summed E-state index contributed by atoms with van der Waals surface area (Å²) in [5, 5.41) is 4.97. The van der Waals surface area contributed by atoms with E-state index in [9.17, 15) is 27.6 Å². The van der Waals surface area contributed by atoms with Gasteiger partial charge in [0.15, 0.2) is 17.5 Å². The van der Waals surface area contributed by atoms with E-state index >= 15 is 0 Å². The number of carbonyl (C=O) groups is 3. The summed E-state index contributed by atoms with van der Waals surface area (Å²) < 4.78 is 49.8. The molecule has 7 nitrogen and oxygen atoms in total. The number of ether oxygens (including phenoxy) is 2. The van der Waals surface area contributed by atoms with Crippen molar-refractivity contribution in [3.63, 3.8) is 0 Å². The number of nitrogens with one attached hydrogen (secondary N) is 2. The fourth-order valence-corrected chi connectivity index (χ4v) is 2.70. The lowest BCUT2D eigenvalue weighted by Gasteiger charge is -2.10. The van der Waals surface area contributed by atoms with Crippen molar-refractivity contribution in [2.24, 2.45) is 0 Å². The Morgan fingerprint density at radius 1 is 0.818 bits per heavy atom. The summed E-state index contributed by atoms with van der Waals surface area (Å²) in [7, 11) is 0. The van der Waals surface area contributed by atoms with Crippen LogP contribution in [0.3, 0.4) is 0 Å². The predicted molar refractivity (Wildman–Crippen MR) is 113 cm³/mol. The molecule has 3 aromatic carbocycles. The molecule has 2 amide bonds. The summed E-state index contributed by atoms with van der Waals surface area (Å²) >= 11 is 0. The van der Waals surface area contributed by atoms with Gasteiger partial charge in [0.1, 0.15) is 5.75 Å². The molecule has 0 radical (unpaired) electrons. The summed E-state index contributed by atoms with van der Waals surface area (Å²) in [6.07, 6.45) is -0.864. The lowest BCUT2D eigenvalue weighted by Crippen LogP contribution is -2.16. The van der Waals surface area contributed by atoms with Gasteiger partial charge in [0.2, 0.25) is 0 Å². The standard InChI is InChI=1S/C23H17F3N2O5/c1-2-32-23(31)33-16-8-6-13(7-9-16)21(29)27-14-4-3-5-15(12-14)28-22(30)17-10-11-18(24)20(26)19(17)25/h3-12H,2H2,1H3,(H,27,29)(H,28,30). The maximum atomic E-state index is 13.8. The van der Waals surface area contributed by atoms with E-state index in [1.165, 1.54) is 42.5 Å². The highest BCUT2D eigenvalue weighted by Crippen LogP contribution is 2.20. The normalized spacial score (nSPS) is 10.3.